The number of nitriles is 1. The lowest BCUT2D eigenvalue weighted by Gasteiger charge is -2.16. The first-order valence-electron chi connectivity index (χ1n) is 5.34. The molecular weight excluding hydrogens is 160 g/mol. The van der Waals surface area contributed by atoms with E-state index >= 15 is 0 Å². The molecule has 0 amide bonds. The Balaban J connectivity index is 2.09. The second kappa shape index (κ2) is 5.24. The van der Waals surface area contributed by atoms with Crippen LogP contribution in [0.25, 0.3) is 0 Å². The van der Waals surface area contributed by atoms with Gasteiger partial charge >= 0.3 is 0 Å². The molecule has 3 atom stereocenters. The van der Waals surface area contributed by atoms with Gasteiger partial charge in [-0.15, -0.1) is 0 Å². The van der Waals surface area contributed by atoms with E-state index in [0.717, 1.165) is 24.9 Å². The number of hydrogen-bond acceptors (Lipinski definition) is 2. The first kappa shape index (κ1) is 10.5. The smallest absolute Gasteiger partial charge is 0.0666 e. The molecule has 13 heavy (non-hydrogen) atoms. The standard InChI is InChI=1S/C11H20N2/c1-9(6-12)7-13-8-11-5-3-4-10(11)2/h9-11,13H,3-5,7-8H2,1-2H3. The molecular formula is C11H20N2. The van der Waals surface area contributed by atoms with Crippen molar-refractivity contribution in [2.24, 2.45) is 17.8 Å². The van der Waals surface area contributed by atoms with Crippen LogP contribution in [-0.2, 0) is 0 Å². The molecule has 3 unspecified atom stereocenters. The van der Waals surface area contributed by atoms with E-state index in [1.54, 1.807) is 0 Å². The third-order valence-electron chi connectivity index (χ3n) is 3.12. The summed E-state index contributed by atoms with van der Waals surface area (Å²) in [6.45, 7) is 6.26. The summed E-state index contributed by atoms with van der Waals surface area (Å²) < 4.78 is 0. The Bertz CT molecular complexity index is 183. The fourth-order valence-corrected chi connectivity index (χ4v) is 2.06. The summed E-state index contributed by atoms with van der Waals surface area (Å²) in [5.74, 6) is 1.88. The van der Waals surface area contributed by atoms with E-state index in [0.29, 0.717) is 0 Å². The van der Waals surface area contributed by atoms with Crippen LogP contribution >= 0.6 is 0 Å². The summed E-state index contributed by atoms with van der Waals surface area (Å²) in [5, 5.41) is 12.0. The predicted molar refractivity (Wildman–Crippen MR) is 54.2 cm³/mol. The van der Waals surface area contributed by atoms with Gasteiger partial charge in [0, 0.05) is 6.54 Å². The highest BCUT2D eigenvalue weighted by molar-refractivity contribution is 4.82. The van der Waals surface area contributed by atoms with Crippen molar-refractivity contribution < 1.29 is 0 Å². The minimum Gasteiger partial charge on any atom is -0.315 e. The maximum atomic E-state index is 8.59. The third-order valence-corrected chi connectivity index (χ3v) is 3.12. The molecule has 0 aromatic carbocycles. The van der Waals surface area contributed by atoms with Gasteiger partial charge in [-0.3, -0.25) is 0 Å². The summed E-state index contributed by atoms with van der Waals surface area (Å²) in [5.41, 5.74) is 0. The highest BCUT2D eigenvalue weighted by Crippen LogP contribution is 2.30. The van der Waals surface area contributed by atoms with E-state index in [4.69, 9.17) is 5.26 Å². The van der Waals surface area contributed by atoms with E-state index in [2.05, 4.69) is 18.3 Å². The molecule has 0 spiro atoms. The molecule has 1 saturated carbocycles. The number of nitrogens with one attached hydrogen (secondary N) is 1. The predicted octanol–water partition coefficient (Wildman–Crippen LogP) is 2.17. The molecule has 1 rings (SSSR count). The molecule has 2 heteroatoms. The molecule has 1 aliphatic carbocycles. The average molecular weight is 180 g/mol. The zero-order valence-corrected chi connectivity index (χ0v) is 8.71. The van der Waals surface area contributed by atoms with Crippen LogP contribution in [0.1, 0.15) is 33.1 Å². The lowest BCUT2D eigenvalue weighted by atomic mass is 9.98. The number of nitrogens with zero attached hydrogens (tertiary/aromatic N) is 1. The zero-order valence-electron chi connectivity index (χ0n) is 8.71. The maximum absolute atomic E-state index is 8.59. The van der Waals surface area contributed by atoms with Gasteiger partial charge in [-0.25, -0.2) is 0 Å². The Morgan fingerprint density at radius 3 is 2.85 bits per heavy atom. The lowest BCUT2D eigenvalue weighted by molar-refractivity contribution is 0.387. The van der Waals surface area contributed by atoms with Crippen molar-refractivity contribution in [2.45, 2.75) is 33.1 Å². The van der Waals surface area contributed by atoms with Gasteiger partial charge in [0.2, 0.25) is 0 Å². The van der Waals surface area contributed by atoms with Crippen LogP contribution < -0.4 is 5.32 Å². The zero-order chi connectivity index (χ0) is 9.68. The minimum atomic E-state index is 0.150. The Kier molecular flexibility index (Phi) is 4.24. The van der Waals surface area contributed by atoms with E-state index in [-0.39, 0.29) is 5.92 Å². The SMILES string of the molecule is CC(C#N)CNCC1CCCC1C. The molecule has 0 saturated heterocycles. The van der Waals surface area contributed by atoms with Crippen LogP contribution in [-0.4, -0.2) is 13.1 Å². The normalized spacial score (nSPS) is 29.9. The Morgan fingerprint density at radius 1 is 1.54 bits per heavy atom. The van der Waals surface area contributed by atoms with Gasteiger partial charge < -0.3 is 5.32 Å². The van der Waals surface area contributed by atoms with Crippen molar-refractivity contribution in [3.05, 3.63) is 0 Å². The molecule has 0 aromatic rings. The topological polar surface area (TPSA) is 35.8 Å². The largest absolute Gasteiger partial charge is 0.315 e. The number of hydrogen-bond donors (Lipinski definition) is 1. The van der Waals surface area contributed by atoms with Crippen molar-refractivity contribution in [2.75, 3.05) is 13.1 Å². The van der Waals surface area contributed by atoms with Crippen molar-refractivity contribution >= 4 is 0 Å². The maximum Gasteiger partial charge on any atom is 0.0666 e. The summed E-state index contributed by atoms with van der Waals surface area (Å²) in [7, 11) is 0. The fourth-order valence-electron chi connectivity index (χ4n) is 2.06. The third kappa shape index (κ3) is 3.36. The molecule has 1 N–H and O–H groups in total. The average Bonchev–Trinajstić information content (AvgIpc) is 2.52. The first-order chi connectivity index (χ1) is 6.24. The lowest BCUT2D eigenvalue weighted by Crippen LogP contribution is -2.27. The monoisotopic (exact) mass is 180 g/mol. The molecule has 1 aliphatic rings. The van der Waals surface area contributed by atoms with Crippen LogP contribution in [0.2, 0.25) is 0 Å². The van der Waals surface area contributed by atoms with E-state index < -0.39 is 0 Å². The van der Waals surface area contributed by atoms with Crippen molar-refractivity contribution in [1.29, 1.82) is 5.26 Å². The molecule has 2 nitrogen and oxygen atoms in total. The highest BCUT2D eigenvalue weighted by atomic mass is 14.9. The molecule has 0 aromatic heterocycles. The van der Waals surface area contributed by atoms with Gasteiger partial charge in [0.25, 0.3) is 0 Å². The van der Waals surface area contributed by atoms with Gasteiger partial charge in [-0.05, 0) is 31.7 Å². The van der Waals surface area contributed by atoms with Gasteiger partial charge in [0.15, 0.2) is 0 Å². The van der Waals surface area contributed by atoms with Crippen molar-refractivity contribution in [3.63, 3.8) is 0 Å². The van der Waals surface area contributed by atoms with Gasteiger partial charge in [0.05, 0.1) is 12.0 Å². The van der Waals surface area contributed by atoms with Gasteiger partial charge in [-0.2, -0.15) is 5.26 Å². The van der Waals surface area contributed by atoms with E-state index in [1.165, 1.54) is 19.3 Å². The molecule has 1 fully saturated rings. The summed E-state index contributed by atoms with van der Waals surface area (Å²) >= 11 is 0. The molecule has 0 aliphatic heterocycles. The second-order valence-electron chi connectivity index (χ2n) is 4.36. The van der Waals surface area contributed by atoms with Gasteiger partial charge in [0.1, 0.15) is 0 Å². The molecule has 74 valence electrons. The van der Waals surface area contributed by atoms with E-state index in [1.807, 2.05) is 6.92 Å². The Morgan fingerprint density at radius 2 is 2.31 bits per heavy atom. The Hall–Kier alpha value is -0.550. The van der Waals surface area contributed by atoms with Crippen LogP contribution in [0.3, 0.4) is 0 Å². The van der Waals surface area contributed by atoms with Crippen LogP contribution in [0.15, 0.2) is 0 Å². The summed E-state index contributed by atoms with van der Waals surface area (Å²) in [4.78, 5) is 0. The fraction of sp³-hybridized carbons (Fsp3) is 0.909. The minimum absolute atomic E-state index is 0.150. The summed E-state index contributed by atoms with van der Waals surface area (Å²) in [6, 6.07) is 2.24. The first-order valence-corrected chi connectivity index (χ1v) is 5.34. The van der Waals surface area contributed by atoms with E-state index in [9.17, 15) is 0 Å². The van der Waals surface area contributed by atoms with Gasteiger partial charge in [-0.1, -0.05) is 19.8 Å². The van der Waals surface area contributed by atoms with Crippen LogP contribution in [0.4, 0.5) is 0 Å². The van der Waals surface area contributed by atoms with Crippen LogP contribution in [0, 0.1) is 29.1 Å². The van der Waals surface area contributed by atoms with Crippen LogP contribution in [0.5, 0.6) is 0 Å². The number of rotatable bonds is 4. The second-order valence-corrected chi connectivity index (χ2v) is 4.36. The summed E-state index contributed by atoms with van der Waals surface area (Å²) in [6.07, 6.45) is 4.15. The highest BCUT2D eigenvalue weighted by Gasteiger charge is 2.22. The molecule has 0 bridgehead atoms. The quantitative estimate of drug-likeness (QED) is 0.719. The molecule has 0 radical (unpaired) electrons. The van der Waals surface area contributed by atoms with Crippen molar-refractivity contribution in [1.82, 2.24) is 5.32 Å². The molecule has 0 heterocycles. The van der Waals surface area contributed by atoms with Crippen molar-refractivity contribution in [3.8, 4) is 6.07 Å². The Labute approximate surface area is 81.3 Å².